The molecule has 0 aliphatic carbocycles. The van der Waals surface area contributed by atoms with E-state index in [1.807, 2.05) is 30.3 Å². The van der Waals surface area contributed by atoms with Gasteiger partial charge in [0.05, 0.1) is 22.2 Å². The van der Waals surface area contributed by atoms with Crippen LogP contribution in [0, 0.1) is 10.8 Å². The minimum absolute atomic E-state index is 0.0328. The minimum Gasteiger partial charge on any atom is -0.493 e. The van der Waals surface area contributed by atoms with Crippen molar-refractivity contribution in [1.29, 1.82) is 0 Å². The summed E-state index contributed by atoms with van der Waals surface area (Å²) in [6.07, 6.45) is 0. The first-order valence-corrected chi connectivity index (χ1v) is 12.9. The molecule has 1 aliphatic heterocycles. The molecule has 0 amide bonds. The molecule has 1 aliphatic rings. The van der Waals surface area contributed by atoms with Gasteiger partial charge < -0.3 is 9.64 Å². The second-order valence-electron chi connectivity index (χ2n) is 8.64. The van der Waals surface area contributed by atoms with Crippen LogP contribution in [0.15, 0.2) is 59.5 Å². The highest BCUT2D eigenvalue weighted by Crippen LogP contribution is 2.21. The van der Waals surface area contributed by atoms with Crippen molar-refractivity contribution in [3.8, 4) is 5.75 Å². The molecular weight excluding hydrogens is 442 g/mol. The molecule has 0 radical (unpaired) electrons. The van der Waals surface area contributed by atoms with Gasteiger partial charge in [0.15, 0.2) is 16.9 Å². The Kier molecular flexibility index (Phi) is 8.82. The fourth-order valence-electron chi connectivity index (χ4n) is 4.00. The van der Waals surface area contributed by atoms with E-state index in [2.05, 4.69) is 28.5 Å². The van der Waals surface area contributed by atoms with Crippen molar-refractivity contribution in [2.75, 3.05) is 52.2 Å². The normalized spacial score (nSPS) is 16.5. The minimum atomic E-state index is -3.57. The molecule has 2 aromatic carbocycles. The maximum absolute atomic E-state index is 13.2. The molecule has 0 saturated carbocycles. The van der Waals surface area contributed by atoms with Crippen LogP contribution in [0.3, 0.4) is 0 Å². The van der Waals surface area contributed by atoms with Crippen molar-refractivity contribution in [3.05, 3.63) is 59.5 Å². The van der Waals surface area contributed by atoms with Gasteiger partial charge in [0.2, 0.25) is 0 Å². The number of hydrogen-bond acceptors (Lipinski definition) is 7. The van der Waals surface area contributed by atoms with Gasteiger partial charge in [0, 0.05) is 56.8 Å². The highest BCUT2D eigenvalue weighted by atomic mass is 32.2. The van der Waals surface area contributed by atoms with Crippen LogP contribution in [-0.2, 0) is 14.7 Å². The van der Waals surface area contributed by atoms with Crippen LogP contribution in [0.1, 0.15) is 13.8 Å². The lowest BCUT2D eigenvalue weighted by Crippen LogP contribution is -2.50. The zero-order chi connectivity index (χ0) is 23.8. The Bertz CT molecular complexity index is 989. The third-order valence-electron chi connectivity index (χ3n) is 5.91. The van der Waals surface area contributed by atoms with E-state index in [1.54, 1.807) is 0 Å². The summed E-state index contributed by atoms with van der Waals surface area (Å²) in [6, 6.07) is 15.8. The summed E-state index contributed by atoms with van der Waals surface area (Å²) in [4.78, 5) is 21.5. The van der Waals surface area contributed by atoms with E-state index in [-0.39, 0.29) is 22.3 Å². The van der Waals surface area contributed by atoms with Gasteiger partial charge in [0.25, 0.3) is 4.92 Å². The Labute approximate surface area is 196 Å². The molecule has 0 N–H and O–H groups in total. The molecule has 1 saturated heterocycles. The van der Waals surface area contributed by atoms with Gasteiger partial charge >= 0.3 is 5.69 Å². The van der Waals surface area contributed by atoms with Crippen molar-refractivity contribution in [2.45, 2.75) is 24.8 Å². The van der Waals surface area contributed by atoms with E-state index < -0.39 is 9.84 Å². The summed E-state index contributed by atoms with van der Waals surface area (Å²) in [6.45, 7) is 9.12. The molecule has 1 heterocycles. The molecule has 3 rings (SSSR count). The molecule has 1 unspecified atom stereocenters. The predicted molar refractivity (Wildman–Crippen MR) is 127 cm³/mol. The zero-order valence-electron chi connectivity index (χ0n) is 19.6. The molecule has 8 nitrogen and oxygen atoms in total. The van der Waals surface area contributed by atoms with Crippen molar-refractivity contribution >= 4 is 15.5 Å². The van der Waals surface area contributed by atoms with Gasteiger partial charge in [-0.2, -0.15) is 0 Å². The number of sulfone groups is 1. The molecule has 0 spiro atoms. The second kappa shape index (κ2) is 11.6. The lowest BCUT2D eigenvalue weighted by atomic mass is 10.1. The molecule has 180 valence electrons. The Morgan fingerprint density at radius 2 is 1.61 bits per heavy atom. The maximum Gasteiger partial charge on any atom is 0.316 e. The smallest absolute Gasteiger partial charge is 0.316 e. The number of rotatable bonds is 11. The predicted octanol–water partition coefficient (Wildman–Crippen LogP) is 3.15. The van der Waals surface area contributed by atoms with E-state index >= 15 is 0 Å². The quantitative estimate of drug-likeness (QED) is 0.461. The number of ether oxygens (including phenoxy) is 1. The lowest BCUT2D eigenvalue weighted by molar-refractivity contribution is -0.736. The first-order chi connectivity index (χ1) is 15.8. The summed E-state index contributed by atoms with van der Waals surface area (Å²) in [5, 5.41) is 0. The van der Waals surface area contributed by atoms with Gasteiger partial charge in [-0.1, -0.05) is 18.2 Å². The van der Waals surface area contributed by atoms with E-state index in [0.717, 1.165) is 31.9 Å². The first-order valence-electron chi connectivity index (χ1n) is 11.3. The maximum atomic E-state index is 13.2. The Morgan fingerprint density at radius 1 is 0.970 bits per heavy atom. The van der Waals surface area contributed by atoms with E-state index in [4.69, 9.17) is 4.74 Å². The monoisotopic (exact) mass is 476 g/mol. The van der Waals surface area contributed by atoms with Gasteiger partial charge in [0.1, 0.15) is 5.75 Å². The molecule has 9 heteroatoms. The van der Waals surface area contributed by atoms with Crippen LogP contribution < -0.4 is 4.74 Å². The Morgan fingerprint density at radius 3 is 2.18 bits per heavy atom. The van der Waals surface area contributed by atoms with Crippen LogP contribution in [0.25, 0.3) is 0 Å². The van der Waals surface area contributed by atoms with Gasteiger partial charge in [-0.15, -0.1) is 0 Å². The molecule has 1 fully saturated rings. The molecular formula is C24H34N3O5S+. The van der Waals surface area contributed by atoms with Crippen LogP contribution in [-0.4, -0.2) is 81.4 Å². The summed E-state index contributed by atoms with van der Waals surface area (Å²) >= 11 is 0. The van der Waals surface area contributed by atoms with E-state index in [9.17, 15) is 13.3 Å². The lowest BCUT2D eigenvalue weighted by Gasteiger charge is -2.38. The van der Waals surface area contributed by atoms with Crippen molar-refractivity contribution in [1.82, 2.24) is 9.80 Å². The second-order valence-corrected chi connectivity index (χ2v) is 10.7. The standard InChI is InChI=1S/C24H34N3O5S/c1-20(2)26-15-13-25(14-16-26)17-21(18-32-23-7-5-4-6-8-23)19-33(29,30)24-11-9-22(10-12-24)27(28)31-3/h4-12,20-21H,13-19H2,1-3H3/q+1. The van der Waals surface area contributed by atoms with Crippen molar-refractivity contribution < 1.29 is 22.9 Å². The molecule has 33 heavy (non-hydrogen) atoms. The van der Waals surface area contributed by atoms with Crippen molar-refractivity contribution in [2.24, 2.45) is 5.92 Å². The fourth-order valence-corrected chi connectivity index (χ4v) is 5.56. The van der Waals surface area contributed by atoms with Crippen molar-refractivity contribution in [3.63, 3.8) is 0 Å². The average molecular weight is 477 g/mol. The summed E-state index contributed by atoms with van der Waals surface area (Å²) in [7, 11) is -2.31. The third kappa shape index (κ3) is 7.25. The number of benzene rings is 2. The fraction of sp³-hybridized carbons (Fsp3) is 0.500. The number of piperazine rings is 1. The van der Waals surface area contributed by atoms with E-state index in [1.165, 1.54) is 31.4 Å². The van der Waals surface area contributed by atoms with Crippen LogP contribution in [0.4, 0.5) is 5.69 Å². The number of hydrogen-bond donors (Lipinski definition) is 0. The van der Waals surface area contributed by atoms with Crippen LogP contribution in [0.5, 0.6) is 5.75 Å². The molecule has 2 aromatic rings. The van der Waals surface area contributed by atoms with Gasteiger partial charge in [-0.05, 0) is 38.1 Å². The third-order valence-corrected chi connectivity index (χ3v) is 7.81. The zero-order valence-corrected chi connectivity index (χ0v) is 20.4. The highest BCUT2D eigenvalue weighted by Gasteiger charge is 2.27. The highest BCUT2D eigenvalue weighted by molar-refractivity contribution is 7.91. The van der Waals surface area contributed by atoms with Gasteiger partial charge in [-0.25, -0.2) is 13.3 Å². The SMILES string of the molecule is CO[N+](=O)c1ccc(S(=O)(=O)CC(COc2ccccc2)CN2CCN(C(C)C)CC2)cc1. The number of para-hydroxylation sites is 1. The van der Waals surface area contributed by atoms with Crippen LogP contribution >= 0.6 is 0 Å². The summed E-state index contributed by atoms with van der Waals surface area (Å²) in [5.74, 6) is 0.494. The van der Waals surface area contributed by atoms with Gasteiger partial charge in [-0.3, -0.25) is 4.90 Å². The largest absolute Gasteiger partial charge is 0.493 e. The molecule has 0 aromatic heterocycles. The number of nitrogens with zero attached hydrogens (tertiary/aromatic N) is 3. The molecule has 0 bridgehead atoms. The molecule has 1 atom stereocenters. The van der Waals surface area contributed by atoms with Crippen LogP contribution in [0.2, 0.25) is 0 Å². The average Bonchev–Trinajstić information content (AvgIpc) is 2.83. The first kappa shape index (κ1) is 25.1. The summed E-state index contributed by atoms with van der Waals surface area (Å²) < 4.78 is 32.3. The summed E-state index contributed by atoms with van der Waals surface area (Å²) in [5.41, 5.74) is 0.239. The Hall–Kier alpha value is -2.49. The van der Waals surface area contributed by atoms with E-state index in [0.29, 0.717) is 24.1 Å². The topological polar surface area (TPSA) is 79.2 Å². The Balaban J connectivity index is 1.70.